The third-order valence-corrected chi connectivity index (χ3v) is 3.01. The van der Waals surface area contributed by atoms with Crippen LogP contribution in [-0.2, 0) is 14.3 Å². The quantitative estimate of drug-likeness (QED) is 0.609. The minimum atomic E-state index is -0.400. The van der Waals surface area contributed by atoms with Gasteiger partial charge in [0.25, 0.3) is 0 Å². The maximum absolute atomic E-state index is 11.4. The van der Waals surface area contributed by atoms with Crippen molar-refractivity contribution < 1.29 is 14.3 Å². The molecule has 1 heterocycles. The molecule has 0 amide bonds. The average molecular weight is 238 g/mol. The van der Waals surface area contributed by atoms with Crippen molar-refractivity contribution in [2.75, 3.05) is 0 Å². The van der Waals surface area contributed by atoms with Gasteiger partial charge in [-0.15, -0.1) is 0 Å². The summed E-state index contributed by atoms with van der Waals surface area (Å²) < 4.78 is 5.17. The third-order valence-electron chi connectivity index (χ3n) is 3.01. The minimum absolute atomic E-state index is 0.0201. The van der Waals surface area contributed by atoms with Gasteiger partial charge in [0.15, 0.2) is 5.78 Å². The molecule has 1 aliphatic rings. The zero-order chi connectivity index (χ0) is 12.5. The second kappa shape index (κ2) is 8.04. The largest absolute Gasteiger partial charge is 0.460 e. The van der Waals surface area contributed by atoms with Crippen LogP contribution in [0.4, 0.5) is 0 Å². The lowest BCUT2D eigenvalue weighted by Crippen LogP contribution is -2.13. The number of hydrogen-bond donors (Lipinski definition) is 0. The molecule has 3 heteroatoms. The molecule has 0 radical (unpaired) electrons. The molecule has 1 unspecified atom stereocenters. The Bertz CT molecular complexity index is 281. The lowest BCUT2D eigenvalue weighted by atomic mass is 10.1. The summed E-state index contributed by atoms with van der Waals surface area (Å²) in [6.07, 6.45) is 10.7. The Morgan fingerprint density at radius 3 is 2.41 bits per heavy atom. The van der Waals surface area contributed by atoms with Gasteiger partial charge in [0.2, 0.25) is 0 Å². The van der Waals surface area contributed by atoms with Gasteiger partial charge in [0.05, 0.1) is 6.10 Å². The SMILES string of the molecule is CC1CCCCCCCCC(=O)/C=C/C(=O)O1. The van der Waals surface area contributed by atoms with Gasteiger partial charge < -0.3 is 4.74 Å². The average Bonchev–Trinajstić information content (AvgIpc) is 2.29. The van der Waals surface area contributed by atoms with E-state index in [1.54, 1.807) is 0 Å². The van der Waals surface area contributed by atoms with Gasteiger partial charge in [0.1, 0.15) is 0 Å². The van der Waals surface area contributed by atoms with Crippen LogP contribution in [0, 0.1) is 0 Å². The van der Waals surface area contributed by atoms with E-state index < -0.39 is 5.97 Å². The number of rotatable bonds is 0. The van der Waals surface area contributed by atoms with E-state index in [0.717, 1.165) is 25.7 Å². The molecule has 96 valence electrons. The predicted octanol–water partition coefficient (Wildman–Crippen LogP) is 3.18. The lowest BCUT2D eigenvalue weighted by molar-refractivity contribution is -0.142. The summed E-state index contributed by atoms with van der Waals surface area (Å²) in [5.74, 6) is -0.380. The van der Waals surface area contributed by atoms with Crippen LogP contribution in [0.3, 0.4) is 0 Å². The fourth-order valence-corrected chi connectivity index (χ4v) is 1.98. The number of cyclic esters (lactones) is 1. The highest BCUT2D eigenvalue weighted by molar-refractivity contribution is 5.95. The monoisotopic (exact) mass is 238 g/mol. The van der Waals surface area contributed by atoms with Gasteiger partial charge >= 0.3 is 5.97 Å². The molecule has 0 fully saturated rings. The molecule has 0 saturated carbocycles. The summed E-state index contributed by atoms with van der Waals surface area (Å²) in [6.45, 7) is 1.90. The first-order valence-corrected chi connectivity index (χ1v) is 6.60. The van der Waals surface area contributed by atoms with Crippen molar-refractivity contribution in [1.82, 2.24) is 0 Å². The van der Waals surface area contributed by atoms with Gasteiger partial charge in [-0.3, -0.25) is 4.79 Å². The maximum atomic E-state index is 11.4. The van der Waals surface area contributed by atoms with Crippen LogP contribution >= 0.6 is 0 Å². The van der Waals surface area contributed by atoms with Crippen molar-refractivity contribution in [3.8, 4) is 0 Å². The van der Waals surface area contributed by atoms with E-state index >= 15 is 0 Å². The molecule has 1 rings (SSSR count). The van der Waals surface area contributed by atoms with Crippen LogP contribution in [0.25, 0.3) is 0 Å². The summed E-state index contributed by atoms with van der Waals surface area (Å²) in [7, 11) is 0. The van der Waals surface area contributed by atoms with Crippen LogP contribution in [0.2, 0.25) is 0 Å². The zero-order valence-corrected chi connectivity index (χ0v) is 10.6. The molecule has 17 heavy (non-hydrogen) atoms. The predicted molar refractivity (Wildman–Crippen MR) is 66.6 cm³/mol. The number of esters is 1. The second-order valence-electron chi connectivity index (χ2n) is 4.71. The van der Waals surface area contributed by atoms with E-state index in [1.165, 1.54) is 31.4 Å². The molecule has 0 spiro atoms. The van der Waals surface area contributed by atoms with Crippen molar-refractivity contribution in [1.29, 1.82) is 0 Å². The van der Waals surface area contributed by atoms with E-state index in [9.17, 15) is 9.59 Å². The standard InChI is InChI=1S/C14H22O3/c1-12-8-6-4-2-3-5-7-9-13(15)10-11-14(16)17-12/h10-12H,2-9H2,1H3/b11-10+. The van der Waals surface area contributed by atoms with Gasteiger partial charge in [-0.1, -0.05) is 25.7 Å². The Morgan fingerprint density at radius 1 is 1.00 bits per heavy atom. The Morgan fingerprint density at radius 2 is 1.65 bits per heavy atom. The molecule has 1 atom stereocenters. The summed E-state index contributed by atoms with van der Waals surface area (Å²) >= 11 is 0. The molecule has 0 aromatic rings. The minimum Gasteiger partial charge on any atom is -0.460 e. The number of carbonyl (C=O) groups excluding carboxylic acids is 2. The van der Waals surface area contributed by atoms with Gasteiger partial charge in [-0.25, -0.2) is 4.79 Å². The van der Waals surface area contributed by atoms with Crippen molar-refractivity contribution in [3.05, 3.63) is 12.2 Å². The number of ether oxygens (including phenoxy) is 1. The number of hydrogen-bond acceptors (Lipinski definition) is 3. The van der Waals surface area contributed by atoms with Crippen molar-refractivity contribution in [3.63, 3.8) is 0 Å². The topological polar surface area (TPSA) is 43.4 Å². The molecule has 0 saturated heterocycles. The summed E-state index contributed by atoms with van der Waals surface area (Å²) in [5.41, 5.74) is 0. The fraction of sp³-hybridized carbons (Fsp3) is 0.714. The van der Waals surface area contributed by atoms with Gasteiger partial charge in [-0.2, -0.15) is 0 Å². The molecule has 0 N–H and O–H groups in total. The number of carbonyl (C=O) groups is 2. The third kappa shape index (κ3) is 6.93. The second-order valence-corrected chi connectivity index (χ2v) is 4.71. The van der Waals surface area contributed by atoms with Crippen LogP contribution < -0.4 is 0 Å². The van der Waals surface area contributed by atoms with Gasteiger partial charge in [0, 0.05) is 12.5 Å². The Labute approximate surface area is 103 Å². The Balaban J connectivity index is 2.46. The van der Waals surface area contributed by atoms with Crippen LogP contribution in [0.15, 0.2) is 12.2 Å². The molecule has 0 aromatic carbocycles. The van der Waals surface area contributed by atoms with Crippen molar-refractivity contribution in [2.45, 2.75) is 64.4 Å². The molecule has 1 aliphatic heterocycles. The highest BCUT2D eigenvalue weighted by atomic mass is 16.5. The first kappa shape index (κ1) is 13.9. The first-order chi connectivity index (χ1) is 8.18. The normalized spacial score (nSPS) is 27.0. The first-order valence-electron chi connectivity index (χ1n) is 6.60. The van der Waals surface area contributed by atoms with E-state index in [-0.39, 0.29) is 11.9 Å². The highest BCUT2D eigenvalue weighted by Crippen LogP contribution is 2.12. The molecular weight excluding hydrogens is 216 g/mol. The summed E-state index contributed by atoms with van der Waals surface area (Å²) in [6, 6.07) is 0. The van der Waals surface area contributed by atoms with Crippen LogP contribution in [-0.4, -0.2) is 17.9 Å². The van der Waals surface area contributed by atoms with E-state index in [1.807, 2.05) is 6.92 Å². The van der Waals surface area contributed by atoms with E-state index in [4.69, 9.17) is 4.74 Å². The zero-order valence-electron chi connectivity index (χ0n) is 10.6. The van der Waals surface area contributed by atoms with Crippen LogP contribution in [0.5, 0.6) is 0 Å². The smallest absolute Gasteiger partial charge is 0.331 e. The lowest BCUT2D eigenvalue weighted by Gasteiger charge is -2.11. The summed E-state index contributed by atoms with van der Waals surface area (Å²) in [4.78, 5) is 22.7. The Kier molecular flexibility index (Phi) is 6.60. The van der Waals surface area contributed by atoms with Gasteiger partial charge in [-0.05, 0) is 32.3 Å². The maximum Gasteiger partial charge on any atom is 0.331 e. The van der Waals surface area contributed by atoms with Crippen molar-refractivity contribution in [2.24, 2.45) is 0 Å². The number of ketones is 1. The molecule has 3 nitrogen and oxygen atoms in total. The fourth-order valence-electron chi connectivity index (χ4n) is 1.98. The van der Waals surface area contributed by atoms with E-state index in [2.05, 4.69) is 0 Å². The molecule has 0 aromatic heterocycles. The highest BCUT2D eigenvalue weighted by Gasteiger charge is 2.08. The molecular formula is C14H22O3. The molecule has 0 bridgehead atoms. The van der Waals surface area contributed by atoms with E-state index in [0.29, 0.717) is 6.42 Å². The summed E-state index contributed by atoms with van der Waals surface area (Å²) in [5, 5.41) is 0. The van der Waals surface area contributed by atoms with Crippen LogP contribution in [0.1, 0.15) is 58.3 Å². The van der Waals surface area contributed by atoms with Crippen molar-refractivity contribution >= 4 is 11.8 Å². The molecule has 0 aliphatic carbocycles. The number of allylic oxidation sites excluding steroid dienone is 1. The Hall–Kier alpha value is -1.12.